The van der Waals surface area contributed by atoms with Crippen molar-refractivity contribution in [2.24, 2.45) is 0 Å². The Morgan fingerprint density at radius 3 is 2.50 bits per heavy atom. The van der Waals surface area contributed by atoms with Gasteiger partial charge in [-0.3, -0.25) is 4.79 Å². The van der Waals surface area contributed by atoms with Gasteiger partial charge in [-0.25, -0.2) is 0 Å². The summed E-state index contributed by atoms with van der Waals surface area (Å²) in [6, 6.07) is 17.8. The second kappa shape index (κ2) is 5.29. The van der Waals surface area contributed by atoms with E-state index < -0.39 is 5.60 Å². The van der Waals surface area contributed by atoms with Crippen molar-refractivity contribution in [1.82, 2.24) is 0 Å². The number of fused-ring (bicyclic) bond motifs is 4. The molecule has 3 heteroatoms. The third-order valence-electron chi connectivity index (χ3n) is 5.29. The van der Waals surface area contributed by atoms with Gasteiger partial charge >= 0.3 is 0 Å². The number of benzene rings is 3. The molecule has 3 aromatic carbocycles. The van der Waals surface area contributed by atoms with Crippen molar-refractivity contribution < 1.29 is 9.15 Å². The molecule has 128 valence electrons. The van der Waals surface area contributed by atoms with Crippen LogP contribution in [0, 0.1) is 0 Å². The van der Waals surface area contributed by atoms with Crippen LogP contribution in [-0.2, 0) is 10.3 Å². The topological polar surface area (TPSA) is 42.7 Å². The third-order valence-corrected chi connectivity index (χ3v) is 5.29. The predicted molar refractivity (Wildman–Crippen MR) is 105 cm³/mol. The molecular weight excluding hydrogens is 324 g/mol. The molecular formula is C23H18O3. The molecule has 2 atom stereocenters. The molecule has 0 unspecified atom stereocenters. The Hall–Kier alpha value is -2.91. The highest BCUT2D eigenvalue weighted by Gasteiger charge is 2.54. The standard InChI is InChI=1S/C23H18O3/c1-3-6-20-23(2,26-20)21-13-19(24)17-10-9-16-11-14-7-4-5-8-15(14)12-18(16)22(17)25-21/h3-13,20H,1-2H3/b6-3+/t20-,23-/m1/s1. The fourth-order valence-electron chi connectivity index (χ4n) is 3.70. The zero-order valence-corrected chi connectivity index (χ0v) is 14.7. The molecule has 0 saturated carbocycles. The molecule has 4 aromatic rings. The molecule has 2 heterocycles. The number of rotatable bonds is 2. The first kappa shape index (κ1) is 15.4. The number of allylic oxidation sites excluding steroid dienone is 1. The Balaban J connectivity index is 1.82. The highest BCUT2D eigenvalue weighted by atomic mass is 16.6. The van der Waals surface area contributed by atoms with Gasteiger partial charge in [-0.2, -0.15) is 0 Å². The molecule has 1 aromatic heterocycles. The first-order chi connectivity index (χ1) is 12.6. The maximum absolute atomic E-state index is 12.7. The highest BCUT2D eigenvalue weighted by molar-refractivity contribution is 6.09. The summed E-state index contributed by atoms with van der Waals surface area (Å²) in [6.45, 7) is 3.92. The van der Waals surface area contributed by atoms with E-state index in [-0.39, 0.29) is 11.5 Å². The van der Waals surface area contributed by atoms with Gasteiger partial charge in [-0.15, -0.1) is 0 Å². The Morgan fingerprint density at radius 1 is 0.962 bits per heavy atom. The van der Waals surface area contributed by atoms with E-state index in [2.05, 4.69) is 24.3 Å². The summed E-state index contributed by atoms with van der Waals surface area (Å²) >= 11 is 0. The maximum Gasteiger partial charge on any atom is 0.193 e. The van der Waals surface area contributed by atoms with Gasteiger partial charge in [-0.05, 0) is 48.2 Å². The molecule has 1 saturated heterocycles. The minimum atomic E-state index is -0.571. The molecule has 0 amide bonds. The monoisotopic (exact) mass is 342 g/mol. The van der Waals surface area contributed by atoms with Crippen LogP contribution in [0.1, 0.15) is 19.6 Å². The average Bonchev–Trinajstić information content (AvgIpc) is 3.31. The first-order valence-corrected chi connectivity index (χ1v) is 8.80. The minimum absolute atomic E-state index is 0.0349. The van der Waals surface area contributed by atoms with Crippen molar-refractivity contribution in [1.29, 1.82) is 0 Å². The zero-order valence-electron chi connectivity index (χ0n) is 14.7. The third kappa shape index (κ3) is 2.14. The van der Waals surface area contributed by atoms with Gasteiger partial charge in [0.15, 0.2) is 11.0 Å². The molecule has 26 heavy (non-hydrogen) atoms. The van der Waals surface area contributed by atoms with E-state index in [4.69, 9.17) is 9.15 Å². The van der Waals surface area contributed by atoms with Crippen LogP contribution in [0.4, 0.5) is 0 Å². The van der Waals surface area contributed by atoms with Gasteiger partial charge in [0.2, 0.25) is 0 Å². The maximum atomic E-state index is 12.7. The van der Waals surface area contributed by atoms with Gasteiger partial charge < -0.3 is 9.15 Å². The van der Waals surface area contributed by atoms with E-state index in [1.54, 1.807) is 6.07 Å². The van der Waals surface area contributed by atoms with Crippen molar-refractivity contribution in [2.45, 2.75) is 25.6 Å². The van der Waals surface area contributed by atoms with Crippen molar-refractivity contribution in [2.75, 3.05) is 0 Å². The number of hydrogen-bond donors (Lipinski definition) is 0. The lowest BCUT2D eigenvalue weighted by Crippen LogP contribution is -2.11. The number of ether oxygens (including phenoxy) is 1. The van der Waals surface area contributed by atoms with E-state index in [0.717, 1.165) is 16.2 Å². The summed E-state index contributed by atoms with van der Waals surface area (Å²) in [5, 5.41) is 4.91. The lowest BCUT2D eigenvalue weighted by Gasteiger charge is -2.09. The Morgan fingerprint density at radius 2 is 1.73 bits per heavy atom. The predicted octanol–water partition coefficient (Wildman–Crippen LogP) is 5.29. The molecule has 1 aliphatic heterocycles. The molecule has 1 fully saturated rings. The van der Waals surface area contributed by atoms with Gasteiger partial charge in [0.1, 0.15) is 17.4 Å². The average molecular weight is 342 g/mol. The Labute approximate surface area is 150 Å². The van der Waals surface area contributed by atoms with Gasteiger partial charge in [-0.1, -0.05) is 42.5 Å². The molecule has 3 nitrogen and oxygen atoms in total. The lowest BCUT2D eigenvalue weighted by atomic mass is 10.00. The second-order valence-corrected chi connectivity index (χ2v) is 7.01. The quantitative estimate of drug-likeness (QED) is 0.215. The van der Waals surface area contributed by atoms with Gasteiger partial charge in [0.05, 0.1) is 5.39 Å². The molecule has 0 bridgehead atoms. The van der Waals surface area contributed by atoms with Crippen LogP contribution in [0.25, 0.3) is 32.5 Å². The van der Waals surface area contributed by atoms with Crippen molar-refractivity contribution in [3.63, 3.8) is 0 Å². The number of epoxide rings is 1. The van der Waals surface area contributed by atoms with Crippen LogP contribution in [0.2, 0.25) is 0 Å². The molecule has 0 aliphatic carbocycles. The van der Waals surface area contributed by atoms with Crippen LogP contribution < -0.4 is 5.43 Å². The fourth-order valence-corrected chi connectivity index (χ4v) is 3.70. The Kier molecular flexibility index (Phi) is 3.12. The van der Waals surface area contributed by atoms with E-state index in [9.17, 15) is 4.79 Å². The summed E-state index contributed by atoms with van der Waals surface area (Å²) in [5.41, 5.74) is 0.0257. The van der Waals surface area contributed by atoms with Crippen LogP contribution in [-0.4, -0.2) is 6.10 Å². The van der Waals surface area contributed by atoms with E-state index in [1.165, 1.54) is 5.39 Å². The summed E-state index contributed by atoms with van der Waals surface area (Å²) in [5.74, 6) is 0.582. The van der Waals surface area contributed by atoms with Gasteiger partial charge in [0.25, 0.3) is 0 Å². The molecule has 0 N–H and O–H groups in total. The van der Waals surface area contributed by atoms with Crippen molar-refractivity contribution >= 4 is 32.5 Å². The van der Waals surface area contributed by atoms with Crippen LogP contribution in [0.3, 0.4) is 0 Å². The second-order valence-electron chi connectivity index (χ2n) is 7.01. The molecule has 1 aliphatic rings. The SMILES string of the molecule is C/C=C/[C@H]1O[C@@]1(C)c1cc(=O)c2ccc3cc4ccccc4cc3c2o1. The summed E-state index contributed by atoms with van der Waals surface area (Å²) in [7, 11) is 0. The molecule has 5 rings (SSSR count). The van der Waals surface area contributed by atoms with Crippen LogP contribution >= 0.6 is 0 Å². The zero-order chi connectivity index (χ0) is 17.9. The summed E-state index contributed by atoms with van der Waals surface area (Å²) < 4.78 is 12.0. The molecule has 0 radical (unpaired) electrons. The van der Waals surface area contributed by atoms with E-state index in [1.807, 2.05) is 50.3 Å². The van der Waals surface area contributed by atoms with E-state index >= 15 is 0 Å². The van der Waals surface area contributed by atoms with E-state index in [0.29, 0.717) is 16.7 Å². The lowest BCUT2D eigenvalue weighted by molar-refractivity contribution is 0.283. The van der Waals surface area contributed by atoms with Crippen LogP contribution in [0.15, 0.2) is 76.0 Å². The largest absolute Gasteiger partial charge is 0.457 e. The van der Waals surface area contributed by atoms with Gasteiger partial charge in [0, 0.05) is 11.5 Å². The summed E-state index contributed by atoms with van der Waals surface area (Å²) in [4.78, 5) is 12.7. The van der Waals surface area contributed by atoms with Crippen molar-refractivity contribution in [3.05, 3.63) is 82.7 Å². The summed E-state index contributed by atoms with van der Waals surface area (Å²) in [6.07, 6.45) is 3.89. The Bertz CT molecular complexity index is 1270. The van der Waals surface area contributed by atoms with Crippen molar-refractivity contribution in [3.8, 4) is 0 Å². The fraction of sp³-hybridized carbons (Fsp3) is 0.174. The molecule has 0 spiro atoms. The highest BCUT2D eigenvalue weighted by Crippen LogP contribution is 2.47. The number of hydrogen-bond acceptors (Lipinski definition) is 3. The van der Waals surface area contributed by atoms with Crippen LogP contribution in [0.5, 0.6) is 0 Å². The smallest absolute Gasteiger partial charge is 0.193 e. The minimum Gasteiger partial charge on any atom is -0.457 e. The normalized spacial score (nSPS) is 22.6. The first-order valence-electron chi connectivity index (χ1n) is 8.80.